The summed E-state index contributed by atoms with van der Waals surface area (Å²) in [4.78, 5) is 4.46. The Morgan fingerprint density at radius 2 is 1.76 bits per heavy atom. The van der Waals surface area contributed by atoms with Gasteiger partial charge in [-0.1, -0.05) is 60.0 Å². The van der Waals surface area contributed by atoms with Gasteiger partial charge in [0.05, 0.1) is 10.0 Å². The van der Waals surface area contributed by atoms with E-state index < -0.39 is 0 Å². The summed E-state index contributed by atoms with van der Waals surface area (Å²) in [6, 6.07) is 10.0. The number of hydrogen-bond donors (Lipinski definition) is 2. The van der Waals surface area contributed by atoms with Crippen molar-refractivity contribution >= 4 is 34.8 Å². The van der Waals surface area contributed by atoms with Gasteiger partial charge in [-0.2, -0.15) is 0 Å². The Morgan fingerprint density at radius 1 is 1.05 bits per heavy atom. The molecule has 112 valence electrons. The van der Waals surface area contributed by atoms with E-state index in [1.54, 1.807) is 6.07 Å². The standard InChI is InChI=1S/C16H19Cl2N3/c1-3-7-19-15-13(17)9-14(18)16(21-15)20-10-12-6-4-5-11(2)8-12/h4-6,8-9H,3,7,10H2,1-2H3,(H2,19,20,21). The molecule has 0 spiro atoms. The molecule has 2 rings (SSSR count). The van der Waals surface area contributed by atoms with E-state index in [-0.39, 0.29) is 0 Å². The molecule has 2 N–H and O–H groups in total. The van der Waals surface area contributed by atoms with Gasteiger partial charge in [-0.3, -0.25) is 0 Å². The molecule has 0 saturated heterocycles. The van der Waals surface area contributed by atoms with Crippen LogP contribution in [0.15, 0.2) is 30.3 Å². The summed E-state index contributed by atoms with van der Waals surface area (Å²) in [6.07, 6.45) is 1.01. The monoisotopic (exact) mass is 323 g/mol. The van der Waals surface area contributed by atoms with Gasteiger partial charge in [0, 0.05) is 13.1 Å². The molecule has 5 heteroatoms. The Hall–Kier alpha value is -1.45. The van der Waals surface area contributed by atoms with E-state index in [4.69, 9.17) is 23.2 Å². The number of nitrogens with zero attached hydrogens (tertiary/aromatic N) is 1. The van der Waals surface area contributed by atoms with Crippen molar-refractivity contribution in [1.82, 2.24) is 4.98 Å². The predicted octanol–water partition coefficient (Wildman–Crippen LogP) is 5.13. The van der Waals surface area contributed by atoms with Gasteiger partial charge in [-0.25, -0.2) is 4.98 Å². The van der Waals surface area contributed by atoms with Crippen molar-refractivity contribution in [2.45, 2.75) is 26.8 Å². The van der Waals surface area contributed by atoms with Gasteiger partial charge >= 0.3 is 0 Å². The lowest BCUT2D eigenvalue weighted by atomic mass is 10.1. The zero-order valence-corrected chi connectivity index (χ0v) is 13.7. The lowest BCUT2D eigenvalue weighted by molar-refractivity contribution is 0.968. The quantitative estimate of drug-likeness (QED) is 0.773. The van der Waals surface area contributed by atoms with Gasteiger partial charge in [0.15, 0.2) is 0 Å². The molecule has 0 aliphatic carbocycles. The summed E-state index contributed by atoms with van der Waals surface area (Å²) in [5.74, 6) is 1.30. The highest BCUT2D eigenvalue weighted by Gasteiger charge is 2.09. The van der Waals surface area contributed by atoms with Crippen LogP contribution in [-0.4, -0.2) is 11.5 Å². The van der Waals surface area contributed by atoms with E-state index in [0.717, 1.165) is 13.0 Å². The van der Waals surface area contributed by atoms with E-state index in [1.807, 2.05) is 6.07 Å². The Bertz CT molecular complexity index is 614. The first-order valence-corrected chi connectivity index (χ1v) is 7.75. The smallest absolute Gasteiger partial charge is 0.147 e. The second kappa shape index (κ2) is 7.53. The fourth-order valence-electron chi connectivity index (χ4n) is 1.97. The number of pyridine rings is 1. The largest absolute Gasteiger partial charge is 0.369 e. The van der Waals surface area contributed by atoms with Gasteiger partial charge in [-0.15, -0.1) is 0 Å². The molecule has 0 unspecified atom stereocenters. The van der Waals surface area contributed by atoms with E-state index in [2.05, 4.69) is 47.7 Å². The number of halogens is 2. The highest BCUT2D eigenvalue weighted by Crippen LogP contribution is 2.29. The molecule has 0 amide bonds. The van der Waals surface area contributed by atoms with Crippen LogP contribution in [0.4, 0.5) is 11.6 Å². The van der Waals surface area contributed by atoms with Crippen LogP contribution in [0.25, 0.3) is 0 Å². The number of aryl methyl sites for hydroxylation is 1. The molecule has 0 aliphatic heterocycles. The molecule has 0 saturated carbocycles. The average Bonchev–Trinajstić information content (AvgIpc) is 2.45. The zero-order chi connectivity index (χ0) is 15.2. The number of nitrogens with one attached hydrogen (secondary N) is 2. The molecule has 21 heavy (non-hydrogen) atoms. The average molecular weight is 324 g/mol. The topological polar surface area (TPSA) is 37.0 Å². The Balaban J connectivity index is 2.11. The van der Waals surface area contributed by atoms with Crippen molar-refractivity contribution in [3.05, 3.63) is 51.5 Å². The Kier molecular flexibility index (Phi) is 5.71. The summed E-state index contributed by atoms with van der Waals surface area (Å²) < 4.78 is 0. The van der Waals surface area contributed by atoms with Crippen LogP contribution in [0.3, 0.4) is 0 Å². The summed E-state index contributed by atoms with van der Waals surface area (Å²) in [6.45, 7) is 5.66. The molecule has 0 radical (unpaired) electrons. The second-order valence-corrected chi connectivity index (χ2v) is 5.73. The minimum absolute atomic E-state index is 0.523. The number of anilines is 2. The van der Waals surface area contributed by atoms with Crippen molar-refractivity contribution in [3.8, 4) is 0 Å². The van der Waals surface area contributed by atoms with Gasteiger partial charge in [0.1, 0.15) is 11.6 Å². The van der Waals surface area contributed by atoms with Crippen LogP contribution in [0.5, 0.6) is 0 Å². The molecule has 1 heterocycles. The molecule has 3 nitrogen and oxygen atoms in total. The van der Waals surface area contributed by atoms with Crippen molar-refractivity contribution in [2.75, 3.05) is 17.2 Å². The predicted molar refractivity (Wildman–Crippen MR) is 91.5 cm³/mol. The van der Waals surface area contributed by atoms with Gasteiger partial charge in [-0.05, 0) is 25.0 Å². The van der Waals surface area contributed by atoms with E-state index in [0.29, 0.717) is 28.2 Å². The maximum atomic E-state index is 6.20. The van der Waals surface area contributed by atoms with Crippen molar-refractivity contribution < 1.29 is 0 Å². The van der Waals surface area contributed by atoms with Crippen LogP contribution in [-0.2, 0) is 6.54 Å². The maximum Gasteiger partial charge on any atom is 0.147 e. The number of rotatable bonds is 6. The van der Waals surface area contributed by atoms with Crippen LogP contribution < -0.4 is 10.6 Å². The van der Waals surface area contributed by atoms with Crippen molar-refractivity contribution in [3.63, 3.8) is 0 Å². The van der Waals surface area contributed by atoms with E-state index >= 15 is 0 Å². The van der Waals surface area contributed by atoms with Crippen LogP contribution in [0.2, 0.25) is 10.0 Å². The number of aromatic nitrogens is 1. The molecule has 0 atom stereocenters. The third-order valence-corrected chi connectivity index (χ3v) is 3.59. The van der Waals surface area contributed by atoms with Gasteiger partial charge < -0.3 is 10.6 Å². The van der Waals surface area contributed by atoms with Gasteiger partial charge in [0.25, 0.3) is 0 Å². The fourth-order valence-corrected chi connectivity index (χ4v) is 2.46. The minimum Gasteiger partial charge on any atom is -0.369 e. The van der Waals surface area contributed by atoms with Crippen LogP contribution in [0, 0.1) is 6.92 Å². The molecular formula is C16H19Cl2N3. The maximum absolute atomic E-state index is 6.20. The lowest BCUT2D eigenvalue weighted by Crippen LogP contribution is -2.07. The summed E-state index contributed by atoms with van der Waals surface area (Å²) in [5, 5.41) is 7.51. The minimum atomic E-state index is 0.523. The molecule has 0 fully saturated rings. The van der Waals surface area contributed by atoms with Crippen LogP contribution in [0.1, 0.15) is 24.5 Å². The van der Waals surface area contributed by atoms with Crippen LogP contribution >= 0.6 is 23.2 Å². The SMILES string of the molecule is CCCNc1nc(NCc2cccc(C)c2)c(Cl)cc1Cl. The zero-order valence-electron chi connectivity index (χ0n) is 12.2. The van der Waals surface area contributed by atoms with Crippen molar-refractivity contribution in [1.29, 1.82) is 0 Å². The number of benzene rings is 1. The Morgan fingerprint density at radius 3 is 2.43 bits per heavy atom. The van der Waals surface area contributed by atoms with E-state index in [9.17, 15) is 0 Å². The first-order valence-electron chi connectivity index (χ1n) is 6.99. The normalized spacial score (nSPS) is 10.5. The molecule has 1 aromatic carbocycles. The highest BCUT2D eigenvalue weighted by molar-refractivity contribution is 6.37. The first-order chi connectivity index (χ1) is 10.1. The second-order valence-electron chi connectivity index (χ2n) is 4.92. The van der Waals surface area contributed by atoms with Crippen molar-refractivity contribution in [2.24, 2.45) is 0 Å². The number of hydrogen-bond acceptors (Lipinski definition) is 3. The highest BCUT2D eigenvalue weighted by atomic mass is 35.5. The third-order valence-electron chi connectivity index (χ3n) is 3.01. The molecule has 1 aromatic heterocycles. The van der Waals surface area contributed by atoms with E-state index in [1.165, 1.54) is 11.1 Å². The summed E-state index contributed by atoms with van der Waals surface area (Å²) in [7, 11) is 0. The fraction of sp³-hybridized carbons (Fsp3) is 0.312. The molecule has 2 aromatic rings. The van der Waals surface area contributed by atoms with Gasteiger partial charge in [0.2, 0.25) is 0 Å². The Labute approximate surface area is 135 Å². The molecular weight excluding hydrogens is 305 g/mol. The summed E-state index contributed by atoms with van der Waals surface area (Å²) >= 11 is 12.3. The lowest BCUT2D eigenvalue weighted by Gasteiger charge is -2.12. The summed E-state index contributed by atoms with van der Waals surface area (Å²) in [5.41, 5.74) is 2.42. The third kappa shape index (κ3) is 4.51. The molecule has 0 aliphatic rings. The molecule has 0 bridgehead atoms. The first kappa shape index (κ1) is 15.9.